The third kappa shape index (κ3) is 5.18. The van der Waals surface area contributed by atoms with Crippen LogP contribution in [0.15, 0.2) is 96.4 Å². The third-order valence-electron chi connectivity index (χ3n) is 4.71. The van der Waals surface area contributed by atoms with Gasteiger partial charge in [0.15, 0.2) is 0 Å². The lowest BCUT2D eigenvalue weighted by Gasteiger charge is -2.19. The largest absolute Gasteiger partial charge is 0.345 e. The number of amides is 1. The molecule has 4 heteroatoms. The SMILES string of the molecule is O=C(Cc1csc(Cc2ccccc2)n1)NC(c1ccccc1)c1ccccc1. The molecule has 0 saturated carbocycles. The van der Waals surface area contributed by atoms with Gasteiger partial charge in [-0.15, -0.1) is 11.3 Å². The zero-order valence-corrected chi connectivity index (χ0v) is 16.8. The smallest absolute Gasteiger partial charge is 0.226 e. The van der Waals surface area contributed by atoms with E-state index in [4.69, 9.17) is 0 Å². The molecule has 3 aromatic carbocycles. The van der Waals surface area contributed by atoms with Crippen LogP contribution in [-0.4, -0.2) is 10.9 Å². The lowest BCUT2D eigenvalue weighted by molar-refractivity contribution is -0.121. The summed E-state index contributed by atoms with van der Waals surface area (Å²) in [6, 6.07) is 30.2. The predicted molar refractivity (Wildman–Crippen MR) is 118 cm³/mol. The van der Waals surface area contributed by atoms with Crippen LogP contribution in [0.25, 0.3) is 0 Å². The van der Waals surface area contributed by atoms with Gasteiger partial charge in [0.2, 0.25) is 5.91 Å². The normalized spacial score (nSPS) is 10.8. The van der Waals surface area contributed by atoms with Crippen LogP contribution in [0.3, 0.4) is 0 Å². The Morgan fingerprint density at radius 1 is 0.828 bits per heavy atom. The van der Waals surface area contributed by atoms with Crippen molar-refractivity contribution in [2.24, 2.45) is 0 Å². The molecule has 0 aliphatic carbocycles. The van der Waals surface area contributed by atoms with Gasteiger partial charge in [-0.3, -0.25) is 4.79 Å². The molecule has 0 aliphatic rings. The molecule has 0 aliphatic heterocycles. The molecule has 3 nitrogen and oxygen atoms in total. The van der Waals surface area contributed by atoms with E-state index in [1.165, 1.54) is 5.56 Å². The first kappa shape index (κ1) is 19.1. The number of hydrogen-bond donors (Lipinski definition) is 1. The quantitative estimate of drug-likeness (QED) is 0.466. The number of benzene rings is 3. The fraction of sp³-hybridized carbons (Fsp3) is 0.120. The minimum atomic E-state index is -0.174. The van der Waals surface area contributed by atoms with E-state index in [9.17, 15) is 4.79 Å². The van der Waals surface area contributed by atoms with Gasteiger partial charge in [0.25, 0.3) is 0 Å². The number of aromatic nitrogens is 1. The van der Waals surface area contributed by atoms with E-state index < -0.39 is 0 Å². The zero-order valence-electron chi connectivity index (χ0n) is 16.0. The number of nitrogens with zero attached hydrogens (tertiary/aromatic N) is 1. The molecule has 0 radical (unpaired) electrons. The van der Waals surface area contributed by atoms with E-state index in [-0.39, 0.29) is 18.4 Å². The van der Waals surface area contributed by atoms with Crippen molar-refractivity contribution in [1.29, 1.82) is 0 Å². The number of hydrogen-bond acceptors (Lipinski definition) is 3. The summed E-state index contributed by atoms with van der Waals surface area (Å²) in [4.78, 5) is 17.4. The van der Waals surface area contributed by atoms with Gasteiger partial charge in [0.05, 0.1) is 23.2 Å². The summed E-state index contributed by atoms with van der Waals surface area (Å²) in [5, 5.41) is 6.20. The molecule has 1 amide bonds. The highest BCUT2D eigenvalue weighted by molar-refractivity contribution is 7.09. The number of carbonyl (C=O) groups is 1. The first-order valence-corrected chi connectivity index (χ1v) is 10.5. The Labute approximate surface area is 175 Å². The van der Waals surface area contributed by atoms with Crippen molar-refractivity contribution >= 4 is 17.2 Å². The van der Waals surface area contributed by atoms with E-state index in [1.807, 2.05) is 84.2 Å². The van der Waals surface area contributed by atoms with Crippen LogP contribution in [0.4, 0.5) is 0 Å². The van der Waals surface area contributed by atoms with Crippen molar-refractivity contribution in [2.45, 2.75) is 18.9 Å². The first-order valence-electron chi connectivity index (χ1n) is 9.64. The Balaban J connectivity index is 1.45. The molecule has 4 rings (SSSR count). The fourth-order valence-corrected chi connectivity index (χ4v) is 4.14. The Morgan fingerprint density at radius 3 is 1.97 bits per heavy atom. The van der Waals surface area contributed by atoms with Gasteiger partial charge in [-0.1, -0.05) is 91.0 Å². The Kier molecular flexibility index (Phi) is 6.13. The van der Waals surface area contributed by atoms with E-state index in [1.54, 1.807) is 11.3 Å². The maximum Gasteiger partial charge on any atom is 0.226 e. The molecular weight excluding hydrogens is 376 g/mol. The van der Waals surface area contributed by atoms with Gasteiger partial charge < -0.3 is 5.32 Å². The molecule has 4 aromatic rings. The fourth-order valence-electron chi connectivity index (χ4n) is 3.31. The standard InChI is InChI=1S/C25H22N2OS/c28-23(17-22-18-29-24(26-22)16-19-10-4-1-5-11-19)27-25(20-12-6-2-7-13-20)21-14-8-3-9-15-21/h1-15,18,25H,16-17H2,(H,27,28). The van der Waals surface area contributed by atoms with Gasteiger partial charge >= 0.3 is 0 Å². The second-order valence-electron chi connectivity index (χ2n) is 6.89. The van der Waals surface area contributed by atoms with Crippen LogP contribution in [0.1, 0.15) is 33.4 Å². The lowest BCUT2D eigenvalue weighted by atomic mass is 9.98. The van der Waals surface area contributed by atoms with Gasteiger partial charge in [-0.2, -0.15) is 0 Å². The van der Waals surface area contributed by atoms with Gasteiger partial charge in [-0.05, 0) is 16.7 Å². The van der Waals surface area contributed by atoms with Crippen LogP contribution in [0.5, 0.6) is 0 Å². The first-order chi connectivity index (χ1) is 14.3. The topological polar surface area (TPSA) is 42.0 Å². The van der Waals surface area contributed by atoms with Crippen LogP contribution in [0.2, 0.25) is 0 Å². The summed E-state index contributed by atoms with van der Waals surface area (Å²) in [7, 11) is 0. The van der Waals surface area contributed by atoms with Crippen molar-refractivity contribution in [3.63, 3.8) is 0 Å². The summed E-state index contributed by atoms with van der Waals surface area (Å²) in [5.41, 5.74) is 4.18. The number of carbonyl (C=O) groups excluding carboxylic acids is 1. The van der Waals surface area contributed by atoms with Gasteiger partial charge in [0, 0.05) is 11.8 Å². The van der Waals surface area contributed by atoms with Crippen LogP contribution in [-0.2, 0) is 17.6 Å². The average molecular weight is 399 g/mol. The second-order valence-corrected chi connectivity index (χ2v) is 7.84. The van der Waals surface area contributed by atoms with Crippen molar-refractivity contribution in [1.82, 2.24) is 10.3 Å². The maximum atomic E-state index is 12.8. The van der Waals surface area contributed by atoms with Crippen molar-refractivity contribution in [3.05, 3.63) is 124 Å². The van der Waals surface area contributed by atoms with Crippen LogP contribution < -0.4 is 5.32 Å². The van der Waals surface area contributed by atoms with E-state index in [2.05, 4.69) is 22.4 Å². The maximum absolute atomic E-state index is 12.8. The van der Waals surface area contributed by atoms with E-state index >= 15 is 0 Å². The van der Waals surface area contributed by atoms with Crippen molar-refractivity contribution < 1.29 is 4.79 Å². The highest BCUT2D eigenvalue weighted by Crippen LogP contribution is 2.22. The minimum Gasteiger partial charge on any atom is -0.345 e. The molecule has 29 heavy (non-hydrogen) atoms. The van der Waals surface area contributed by atoms with E-state index in [0.717, 1.165) is 28.2 Å². The summed E-state index contributed by atoms with van der Waals surface area (Å²) < 4.78 is 0. The van der Waals surface area contributed by atoms with Gasteiger partial charge in [-0.25, -0.2) is 4.98 Å². The molecule has 0 unspecified atom stereocenters. The molecule has 0 saturated heterocycles. The van der Waals surface area contributed by atoms with Crippen molar-refractivity contribution in [3.8, 4) is 0 Å². The van der Waals surface area contributed by atoms with E-state index in [0.29, 0.717) is 0 Å². The number of rotatable bonds is 7. The highest BCUT2D eigenvalue weighted by Gasteiger charge is 2.17. The summed E-state index contributed by atoms with van der Waals surface area (Å²) in [5.74, 6) is -0.0285. The predicted octanol–water partition coefficient (Wildman–Crippen LogP) is 5.18. The Hall–Kier alpha value is -3.24. The van der Waals surface area contributed by atoms with Crippen LogP contribution >= 0.6 is 11.3 Å². The number of thiazole rings is 1. The van der Waals surface area contributed by atoms with Crippen LogP contribution in [0, 0.1) is 0 Å². The summed E-state index contributed by atoms with van der Waals surface area (Å²) in [6.45, 7) is 0. The molecule has 0 atom stereocenters. The molecule has 1 N–H and O–H groups in total. The molecule has 0 fully saturated rings. The molecule has 0 spiro atoms. The Bertz CT molecular complexity index is 1010. The zero-order chi connectivity index (χ0) is 19.9. The third-order valence-corrected chi connectivity index (χ3v) is 5.61. The molecule has 1 aromatic heterocycles. The second kappa shape index (κ2) is 9.30. The highest BCUT2D eigenvalue weighted by atomic mass is 32.1. The van der Waals surface area contributed by atoms with Crippen molar-refractivity contribution in [2.75, 3.05) is 0 Å². The average Bonchev–Trinajstić information content (AvgIpc) is 3.20. The Morgan fingerprint density at radius 2 is 1.38 bits per heavy atom. The number of nitrogens with one attached hydrogen (secondary N) is 1. The molecule has 144 valence electrons. The monoisotopic (exact) mass is 398 g/mol. The summed E-state index contributed by atoms with van der Waals surface area (Å²) >= 11 is 1.61. The minimum absolute atomic E-state index is 0.0285. The van der Waals surface area contributed by atoms with Gasteiger partial charge in [0.1, 0.15) is 0 Å². The molecule has 1 heterocycles. The molecular formula is C25H22N2OS. The summed E-state index contributed by atoms with van der Waals surface area (Å²) in [6.07, 6.45) is 1.07. The molecule has 0 bridgehead atoms. The lowest BCUT2D eigenvalue weighted by Crippen LogP contribution is -2.30.